The molecule has 1 heterocycles. The molecular formula is C7H8F2N2O2. The van der Waals surface area contributed by atoms with Crippen molar-refractivity contribution in [3.05, 3.63) is 18.1 Å². The number of nitrogens with zero attached hydrogens (tertiary/aromatic N) is 2. The van der Waals surface area contributed by atoms with Crippen LogP contribution in [0.4, 0.5) is 8.78 Å². The predicted molar refractivity (Wildman–Crippen MR) is 39.6 cm³/mol. The minimum atomic E-state index is -3.35. The Bertz CT molecular complexity index is 276. The van der Waals surface area contributed by atoms with Gasteiger partial charge in [0, 0.05) is 0 Å². The molecule has 0 bridgehead atoms. The van der Waals surface area contributed by atoms with Crippen LogP contribution < -0.4 is 4.74 Å². The normalized spacial score (nSPS) is 11.4. The molecule has 0 aromatic carbocycles. The summed E-state index contributed by atoms with van der Waals surface area (Å²) in [5, 5.41) is 8.32. The first kappa shape index (κ1) is 9.79. The van der Waals surface area contributed by atoms with Crippen molar-refractivity contribution in [2.45, 2.75) is 5.92 Å². The highest BCUT2D eigenvalue weighted by Crippen LogP contribution is 2.24. The third-order valence-corrected chi connectivity index (χ3v) is 1.41. The molecule has 0 radical (unpaired) electrons. The minimum absolute atomic E-state index is 0.150. The van der Waals surface area contributed by atoms with Crippen LogP contribution in [-0.2, 0) is 5.92 Å². The Kier molecular flexibility index (Phi) is 2.72. The van der Waals surface area contributed by atoms with E-state index in [4.69, 9.17) is 5.11 Å². The minimum Gasteiger partial charge on any atom is -0.480 e. The number of aromatic nitrogens is 2. The van der Waals surface area contributed by atoms with Gasteiger partial charge in [-0.05, 0) is 0 Å². The summed E-state index contributed by atoms with van der Waals surface area (Å²) in [4.78, 5) is 6.93. The van der Waals surface area contributed by atoms with Crippen LogP contribution >= 0.6 is 0 Å². The van der Waals surface area contributed by atoms with E-state index in [2.05, 4.69) is 14.7 Å². The predicted octanol–water partition coefficient (Wildman–Crippen LogP) is 0.569. The van der Waals surface area contributed by atoms with Crippen LogP contribution in [0.2, 0.25) is 0 Å². The molecule has 1 N–H and O–H groups in total. The Hall–Kier alpha value is -1.30. The summed E-state index contributed by atoms with van der Waals surface area (Å²) in [5.41, 5.74) is -0.573. The second kappa shape index (κ2) is 3.61. The van der Waals surface area contributed by atoms with Crippen molar-refractivity contribution in [1.82, 2.24) is 9.97 Å². The van der Waals surface area contributed by atoms with Crippen molar-refractivity contribution in [3.8, 4) is 5.88 Å². The smallest absolute Gasteiger partial charge is 0.313 e. The van der Waals surface area contributed by atoms with Crippen LogP contribution in [0.15, 0.2) is 12.4 Å². The Morgan fingerprint density at radius 2 is 2.15 bits per heavy atom. The van der Waals surface area contributed by atoms with E-state index in [-0.39, 0.29) is 5.88 Å². The van der Waals surface area contributed by atoms with E-state index in [1.54, 1.807) is 0 Å². The second-order valence-electron chi connectivity index (χ2n) is 2.31. The van der Waals surface area contributed by atoms with Crippen LogP contribution in [0.3, 0.4) is 0 Å². The maximum absolute atomic E-state index is 12.7. The molecule has 13 heavy (non-hydrogen) atoms. The Balaban J connectivity index is 2.92. The van der Waals surface area contributed by atoms with Gasteiger partial charge in [-0.3, -0.25) is 0 Å². The maximum Gasteiger partial charge on any atom is 0.313 e. The number of aliphatic hydroxyl groups is 1. The molecule has 0 fully saturated rings. The average Bonchev–Trinajstić information content (AvgIpc) is 2.18. The summed E-state index contributed by atoms with van der Waals surface area (Å²) in [6.07, 6.45) is 1.94. The van der Waals surface area contributed by atoms with Gasteiger partial charge in [0.25, 0.3) is 0 Å². The van der Waals surface area contributed by atoms with Crippen molar-refractivity contribution < 1.29 is 18.6 Å². The fourth-order valence-electron chi connectivity index (χ4n) is 0.691. The van der Waals surface area contributed by atoms with E-state index in [0.717, 1.165) is 12.4 Å². The second-order valence-corrected chi connectivity index (χ2v) is 2.31. The lowest BCUT2D eigenvalue weighted by molar-refractivity contribution is -0.0596. The molecule has 72 valence electrons. The van der Waals surface area contributed by atoms with E-state index in [9.17, 15) is 8.78 Å². The zero-order valence-corrected chi connectivity index (χ0v) is 6.87. The van der Waals surface area contributed by atoms with Gasteiger partial charge in [-0.25, -0.2) is 9.97 Å². The number of alkyl halides is 2. The van der Waals surface area contributed by atoms with Gasteiger partial charge in [-0.2, -0.15) is 8.78 Å². The van der Waals surface area contributed by atoms with Gasteiger partial charge in [0.1, 0.15) is 12.3 Å². The number of halogens is 2. The summed E-state index contributed by atoms with van der Waals surface area (Å²) in [6, 6.07) is 0. The van der Waals surface area contributed by atoms with Crippen LogP contribution in [0.5, 0.6) is 5.88 Å². The summed E-state index contributed by atoms with van der Waals surface area (Å²) in [5.74, 6) is -3.20. The zero-order chi connectivity index (χ0) is 9.90. The van der Waals surface area contributed by atoms with E-state index < -0.39 is 18.2 Å². The lowest BCUT2D eigenvalue weighted by Crippen LogP contribution is -2.20. The molecule has 0 aliphatic heterocycles. The van der Waals surface area contributed by atoms with Crippen molar-refractivity contribution in [1.29, 1.82) is 0 Å². The van der Waals surface area contributed by atoms with Crippen LogP contribution in [0.1, 0.15) is 5.69 Å². The number of hydrogen-bond donors (Lipinski definition) is 1. The summed E-state index contributed by atoms with van der Waals surface area (Å²) in [7, 11) is 1.36. The van der Waals surface area contributed by atoms with Crippen molar-refractivity contribution in [3.63, 3.8) is 0 Å². The molecule has 1 aromatic heterocycles. The van der Waals surface area contributed by atoms with E-state index in [1.165, 1.54) is 7.11 Å². The number of ether oxygens (including phenoxy) is 1. The lowest BCUT2D eigenvalue weighted by Gasteiger charge is -2.11. The topological polar surface area (TPSA) is 55.2 Å². The Morgan fingerprint density at radius 3 is 2.54 bits per heavy atom. The molecule has 1 aromatic rings. The standard InChI is InChI=1S/C7H8F2N2O2/c1-13-6-3-10-5(2-11-6)7(8,9)4-12/h2-3,12H,4H2,1H3. The fourth-order valence-corrected chi connectivity index (χ4v) is 0.691. The third-order valence-electron chi connectivity index (χ3n) is 1.41. The third kappa shape index (κ3) is 2.09. The molecule has 0 aliphatic carbocycles. The van der Waals surface area contributed by atoms with Crippen LogP contribution in [-0.4, -0.2) is 28.8 Å². The van der Waals surface area contributed by atoms with E-state index >= 15 is 0 Å². The van der Waals surface area contributed by atoms with Crippen LogP contribution in [0, 0.1) is 0 Å². The number of rotatable bonds is 3. The SMILES string of the molecule is COc1cnc(C(F)(F)CO)cn1. The molecule has 0 spiro atoms. The molecule has 4 nitrogen and oxygen atoms in total. The van der Waals surface area contributed by atoms with Gasteiger partial charge >= 0.3 is 5.92 Å². The fraction of sp³-hybridized carbons (Fsp3) is 0.429. The average molecular weight is 190 g/mol. The highest BCUT2D eigenvalue weighted by atomic mass is 19.3. The van der Waals surface area contributed by atoms with Gasteiger partial charge in [-0.15, -0.1) is 0 Å². The van der Waals surface area contributed by atoms with E-state index in [0.29, 0.717) is 0 Å². The first-order valence-corrected chi connectivity index (χ1v) is 3.45. The quantitative estimate of drug-likeness (QED) is 0.757. The molecule has 6 heteroatoms. The molecule has 0 unspecified atom stereocenters. The molecule has 0 amide bonds. The summed E-state index contributed by atoms with van der Waals surface area (Å²) >= 11 is 0. The maximum atomic E-state index is 12.7. The highest BCUT2D eigenvalue weighted by Gasteiger charge is 2.32. The van der Waals surface area contributed by atoms with Crippen LogP contribution in [0.25, 0.3) is 0 Å². The van der Waals surface area contributed by atoms with E-state index in [1.807, 2.05) is 0 Å². The van der Waals surface area contributed by atoms with Gasteiger partial charge in [0.2, 0.25) is 5.88 Å². The van der Waals surface area contributed by atoms with Crippen molar-refractivity contribution >= 4 is 0 Å². The Morgan fingerprint density at radius 1 is 1.46 bits per heavy atom. The molecule has 1 rings (SSSR count). The van der Waals surface area contributed by atoms with Gasteiger partial charge < -0.3 is 9.84 Å². The molecular weight excluding hydrogens is 182 g/mol. The van der Waals surface area contributed by atoms with Gasteiger partial charge in [-0.1, -0.05) is 0 Å². The number of hydrogen-bond acceptors (Lipinski definition) is 4. The zero-order valence-electron chi connectivity index (χ0n) is 6.87. The monoisotopic (exact) mass is 190 g/mol. The van der Waals surface area contributed by atoms with Crippen molar-refractivity contribution in [2.24, 2.45) is 0 Å². The van der Waals surface area contributed by atoms with Crippen molar-refractivity contribution in [2.75, 3.05) is 13.7 Å². The van der Waals surface area contributed by atoms with Gasteiger partial charge in [0.05, 0.1) is 19.5 Å². The molecule has 0 aliphatic rings. The Labute approximate surface area is 73.2 Å². The molecule has 0 saturated heterocycles. The number of aliphatic hydroxyl groups excluding tert-OH is 1. The molecule has 0 atom stereocenters. The molecule has 0 saturated carbocycles. The summed E-state index contributed by atoms with van der Waals surface area (Å²) < 4.78 is 30.1. The summed E-state index contributed by atoms with van der Waals surface area (Å²) in [6.45, 7) is -1.28. The lowest BCUT2D eigenvalue weighted by atomic mass is 10.3. The largest absolute Gasteiger partial charge is 0.480 e. The van der Waals surface area contributed by atoms with Gasteiger partial charge in [0.15, 0.2) is 0 Å². The first-order chi connectivity index (χ1) is 6.10. The number of methoxy groups -OCH3 is 1. The first-order valence-electron chi connectivity index (χ1n) is 3.45. The highest BCUT2D eigenvalue weighted by molar-refractivity contribution is 5.10.